The van der Waals surface area contributed by atoms with Gasteiger partial charge in [0.05, 0.1) is 0 Å². The number of amides is 1. The van der Waals surface area contributed by atoms with Crippen LogP contribution >= 0.6 is 11.6 Å². The molecule has 1 fully saturated rings. The zero-order valence-electron chi connectivity index (χ0n) is 11.4. The second-order valence-electron chi connectivity index (χ2n) is 5.30. The standard InChI is InChI=1S/C12H20ClNO5/c1-12(2,3)19-11(16)14-6-8-4-5-17-9(8)10(15)18-7-13/h8-9H,4-7H2,1-3H3,(H,14,16)/t8-,9-/m0/s1. The summed E-state index contributed by atoms with van der Waals surface area (Å²) in [7, 11) is 0. The van der Waals surface area contributed by atoms with Crippen LogP contribution < -0.4 is 5.32 Å². The summed E-state index contributed by atoms with van der Waals surface area (Å²) in [6.45, 7) is 6.11. The summed E-state index contributed by atoms with van der Waals surface area (Å²) in [5.74, 6) is -0.619. The number of alkyl halides is 1. The lowest BCUT2D eigenvalue weighted by Gasteiger charge is -2.21. The number of nitrogens with one attached hydrogen (secondary N) is 1. The van der Waals surface area contributed by atoms with Crippen molar-refractivity contribution in [2.24, 2.45) is 5.92 Å². The van der Waals surface area contributed by atoms with Crippen molar-refractivity contribution >= 4 is 23.7 Å². The molecule has 0 bridgehead atoms. The van der Waals surface area contributed by atoms with Crippen LogP contribution in [-0.2, 0) is 19.0 Å². The molecule has 0 aromatic heterocycles. The van der Waals surface area contributed by atoms with Gasteiger partial charge in [0.15, 0.2) is 12.2 Å². The predicted octanol–water partition coefficient (Wildman–Crippen LogP) is 1.66. The predicted molar refractivity (Wildman–Crippen MR) is 68.9 cm³/mol. The summed E-state index contributed by atoms with van der Waals surface area (Å²) in [5, 5.41) is 2.63. The minimum absolute atomic E-state index is 0.122. The summed E-state index contributed by atoms with van der Waals surface area (Å²) < 4.78 is 15.1. The van der Waals surface area contributed by atoms with Crippen molar-refractivity contribution in [3.8, 4) is 0 Å². The van der Waals surface area contributed by atoms with E-state index in [2.05, 4.69) is 5.32 Å². The number of hydrogen-bond acceptors (Lipinski definition) is 5. The molecular formula is C12H20ClNO5. The Balaban J connectivity index is 2.39. The lowest BCUT2D eigenvalue weighted by atomic mass is 10.0. The van der Waals surface area contributed by atoms with Gasteiger partial charge in [0.1, 0.15) is 5.60 Å². The monoisotopic (exact) mass is 293 g/mol. The van der Waals surface area contributed by atoms with E-state index in [0.717, 1.165) is 0 Å². The molecule has 1 saturated heterocycles. The van der Waals surface area contributed by atoms with Gasteiger partial charge in [0.25, 0.3) is 0 Å². The van der Waals surface area contributed by atoms with Crippen molar-refractivity contribution in [1.29, 1.82) is 0 Å². The summed E-state index contributed by atoms with van der Waals surface area (Å²) in [6, 6.07) is -0.203. The van der Waals surface area contributed by atoms with Crippen molar-refractivity contribution in [2.75, 3.05) is 19.2 Å². The Bertz CT molecular complexity index is 329. The SMILES string of the molecule is CC(C)(C)OC(=O)NC[C@@H]1CCO[C@@H]1C(=O)OCCl. The van der Waals surface area contributed by atoms with E-state index in [1.54, 1.807) is 20.8 Å². The highest BCUT2D eigenvalue weighted by Crippen LogP contribution is 2.21. The third kappa shape index (κ3) is 5.65. The first-order valence-electron chi connectivity index (χ1n) is 6.14. The lowest BCUT2D eigenvalue weighted by Crippen LogP contribution is -2.39. The van der Waals surface area contributed by atoms with Crippen LogP contribution in [0.25, 0.3) is 0 Å². The number of halogens is 1. The second-order valence-corrected chi connectivity index (χ2v) is 5.51. The molecule has 0 unspecified atom stereocenters. The Kier molecular flexibility index (Phi) is 5.87. The van der Waals surface area contributed by atoms with Gasteiger partial charge in [-0.2, -0.15) is 0 Å². The molecule has 0 aliphatic carbocycles. The van der Waals surface area contributed by atoms with Crippen LogP contribution in [0.5, 0.6) is 0 Å². The van der Waals surface area contributed by atoms with E-state index in [4.69, 9.17) is 25.8 Å². The number of rotatable bonds is 4. The van der Waals surface area contributed by atoms with E-state index in [0.29, 0.717) is 19.6 Å². The van der Waals surface area contributed by atoms with Crippen LogP contribution in [-0.4, -0.2) is 43.0 Å². The molecule has 1 aliphatic heterocycles. The first-order valence-corrected chi connectivity index (χ1v) is 6.68. The molecule has 0 radical (unpaired) electrons. The maximum absolute atomic E-state index is 11.6. The smallest absolute Gasteiger partial charge is 0.407 e. The van der Waals surface area contributed by atoms with Crippen molar-refractivity contribution in [3.05, 3.63) is 0 Å². The highest BCUT2D eigenvalue weighted by molar-refractivity contribution is 6.17. The largest absolute Gasteiger partial charge is 0.447 e. The lowest BCUT2D eigenvalue weighted by molar-refractivity contribution is -0.154. The quantitative estimate of drug-likeness (QED) is 0.630. The maximum Gasteiger partial charge on any atom is 0.407 e. The Labute approximate surface area is 117 Å². The van der Waals surface area contributed by atoms with Gasteiger partial charge < -0.3 is 19.5 Å². The molecule has 6 nitrogen and oxygen atoms in total. The molecule has 2 atom stereocenters. The molecule has 1 aliphatic rings. The zero-order chi connectivity index (χ0) is 14.5. The molecule has 19 heavy (non-hydrogen) atoms. The molecule has 0 spiro atoms. The van der Waals surface area contributed by atoms with Crippen LogP contribution in [0.1, 0.15) is 27.2 Å². The molecule has 7 heteroatoms. The van der Waals surface area contributed by atoms with Crippen molar-refractivity contribution in [1.82, 2.24) is 5.32 Å². The molecule has 110 valence electrons. The van der Waals surface area contributed by atoms with Gasteiger partial charge in [-0.1, -0.05) is 11.6 Å². The summed E-state index contributed by atoms with van der Waals surface area (Å²) >= 11 is 5.33. The molecular weight excluding hydrogens is 274 g/mol. The highest BCUT2D eigenvalue weighted by Gasteiger charge is 2.35. The van der Waals surface area contributed by atoms with Gasteiger partial charge in [0.2, 0.25) is 0 Å². The molecule has 1 heterocycles. The van der Waals surface area contributed by atoms with Crippen LogP contribution in [0.3, 0.4) is 0 Å². The number of alkyl carbamates (subject to hydrolysis) is 1. The fraction of sp³-hybridized carbons (Fsp3) is 0.833. The average Bonchev–Trinajstić information content (AvgIpc) is 2.72. The fourth-order valence-corrected chi connectivity index (χ4v) is 1.88. The van der Waals surface area contributed by atoms with E-state index < -0.39 is 23.8 Å². The minimum atomic E-state index is -0.673. The van der Waals surface area contributed by atoms with E-state index in [9.17, 15) is 9.59 Å². The summed E-state index contributed by atoms with van der Waals surface area (Å²) in [5.41, 5.74) is -0.548. The van der Waals surface area contributed by atoms with Gasteiger partial charge in [-0.15, -0.1) is 0 Å². The van der Waals surface area contributed by atoms with E-state index in [1.165, 1.54) is 0 Å². The zero-order valence-corrected chi connectivity index (χ0v) is 12.2. The van der Waals surface area contributed by atoms with Gasteiger partial charge in [0, 0.05) is 19.1 Å². The van der Waals surface area contributed by atoms with Crippen LogP contribution in [0.15, 0.2) is 0 Å². The van der Waals surface area contributed by atoms with Crippen LogP contribution in [0, 0.1) is 5.92 Å². The van der Waals surface area contributed by atoms with E-state index in [-0.39, 0.29) is 12.0 Å². The van der Waals surface area contributed by atoms with Crippen molar-refractivity contribution in [3.63, 3.8) is 0 Å². The summed E-state index contributed by atoms with van der Waals surface area (Å²) in [4.78, 5) is 23.1. The number of ether oxygens (including phenoxy) is 3. The Morgan fingerprint density at radius 1 is 1.42 bits per heavy atom. The molecule has 1 N–H and O–H groups in total. The maximum atomic E-state index is 11.6. The fourth-order valence-electron chi connectivity index (χ4n) is 1.77. The Morgan fingerprint density at radius 3 is 2.68 bits per heavy atom. The molecule has 0 saturated carbocycles. The molecule has 1 amide bonds. The number of hydrogen-bond donors (Lipinski definition) is 1. The third-order valence-corrected chi connectivity index (χ3v) is 2.66. The Morgan fingerprint density at radius 2 is 2.11 bits per heavy atom. The minimum Gasteiger partial charge on any atom is -0.447 e. The number of esters is 1. The van der Waals surface area contributed by atoms with E-state index >= 15 is 0 Å². The normalized spacial score (nSPS) is 22.9. The highest BCUT2D eigenvalue weighted by atomic mass is 35.5. The number of carbonyl (C=O) groups excluding carboxylic acids is 2. The number of carbonyl (C=O) groups is 2. The molecule has 1 rings (SSSR count). The van der Waals surface area contributed by atoms with Crippen LogP contribution in [0.2, 0.25) is 0 Å². The van der Waals surface area contributed by atoms with Crippen molar-refractivity contribution < 1.29 is 23.8 Å². The molecule has 0 aromatic carbocycles. The Hall–Kier alpha value is -1.01. The topological polar surface area (TPSA) is 73.9 Å². The van der Waals surface area contributed by atoms with Gasteiger partial charge in [-0.3, -0.25) is 0 Å². The van der Waals surface area contributed by atoms with Gasteiger partial charge >= 0.3 is 12.1 Å². The average molecular weight is 294 g/mol. The third-order valence-electron chi connectivity index (χ3n) is 2.55. The van der Waals surface area contributed by atoms with Gasteiger partial charge in [-0.05, 0) is 27.2 Å². The van der Waals surface area contributed by atoms with Crippen molar-refractivity contribution in [2.45, 2.75) is 38.9 Å². The first-order chi connectivity index (χ1) is 8.83. The van der Waals surface area contributed by atoms with Gasteiger partial charge in [-0.25, -0.2) is 9.59 Å². The summed E-state index contributed by atoms with van der Waals surface area (Å²) in [6.07, 6.45) is -0.504. The molecule has 0 aromatic rings. The van der Waals surface area contributed by atoms with Crippen LogP contribution in [0.4, 0.5) is 4.79 Å². The first kappa shape index (κ1) is 16.0. The second kappa shape index (κ2) is 6.96. The van der Waals surface area contributed by atoms with E-state index in [1.807, 2.05) is 0 Å².